The highest BCUT2D eigenvalue weighted by molar-refractivity contribution is 9.10. The van der Waals surface area contributed by atoms with Crippen molar-refractivity contribution in [3.63, 3.8) is 0 Å². The van der Waals surface area contributed by atoms with Crippen molar-refractivity contribution in [3.05, 3.63) is 33.6 Å². The number of nitrogens with one attached hydrogen (secondary N) is 1. The molecule has 0 radical (unpaired) electrons. The Kier molecular flexibility index (Phi) is 6.54. The highest BCUT2D eigenvalue weighted by atomic mass is 79.9. The molecule has 118 valence electrons. The third-order valence-electron chi connectivity index (χ3n) is 3.06. The van der Waals surface area contributed by atoms with Gasteiger partial charge in [0.2, 0.25) is 5.91 Å². The van der Waals surface area contributed by atoms with E-state index in [0.29, 0.717) is 24.8 Å². The molecule has 0 spiro atoms. The molecule has 6 heteroatoms. The number of hydrogen-bond acceptors (Lipinski definition) is 4. The maximum atomic E-state index is 11.9. The maximum absolute atomic E-state index is 11.9. The number of amides is 1. The lowest BCUT2D eigenvalue weighted by Crippen LogP contribution is -2.12. The predicted octanol–water partition coefficient (Wildman–Crippen LogP) is 4.64. The Balaban J connectivity index is 1.97. The van der Waals surface area contributed by atoms with Crippen molar-refractivity contribution in [2.75, 3.05) is 18.5 Å². The van der Waals surface area contributed by atoms with Gasteiger partial charge in [-0.05, 0) is 32.4 Å². The number of rotatable bonds is 7. The van der Waals surface area contributed by atoms with Gasteiger partial charge in [0, 0.05) is 34.5 Å². The van der Waals surface area contributed by atoms with Gasteiger partial charge in [-0.1, -0.05) is 28.1 Å². The van der Waals surface area contributed by atoms with Crippen LogP contribution in [0, 0.1) is 6.92 Å². The Bertz CT molecular complexity index is 626. The predicted molar refractivity (Wildman–Crippen MR) is 94.3 cm³/mol. The van der Waals surface area contributed by atoms with E-state index in [9.17, 15) is 4.79 Å². The molecule has 0 bridgehead atoms. The third-order valence-corrected chi connectivity index (χ3v) is 4.47. The van der Waals surface area contributed by atoms with Gasteiger partial charge in [0.15, 0.2) is 5.13 Å². The number of hydrogen-bond donors (Lipinski definition) is 1. The third kappa shape index (κ3) is 4.90. The number of anilines is 1. The van der Waals surface area contributed by atoms with Crippen molar-refractivity contribution in [1.29, 1.82) is 0 Å². The number of halogens is 1. The molecule has 2 rings (SSSR count). The zero-order chi connectivity index (χ0) is 15.9. The molecule has 0 aliphatic carbocycles. The molecule has 0 aliphatic heterocycles. The minimum absolute atomic E-state index is 0.0178. The second-order valence-electron chi connectivity index (χ2n) is 4.78. The number of carbonyl (C=O) groups is 1. The Morgan fingerprint density at radius 3 is 2.77 bits per heavy atom. The first-order valence-electron chi connectivity index (χ1n) is 7.21. The molecule has 0 saturated carbocycles. The molecule has 1 aromatic carbocycles. The van der Waals surface area contributed by atoms with Crippen molar-refractivity contribution in [3.8, 4) is 11.3 Å². The number of thiazole rings is 1. The molecular formula is C16H19BrN2O2S. The Morgan fingerprint density at radius 2 is 2.09 bits per heavy atom. The fraction of sp³-hybridized carbons (Fsp3) is 0.375. The molecule has 2 aromatic rings. The summed E-state index contributed by atoms with van der Waals surface area (Å²) in [6, 6.07) is 8.00. The number of nitrogens with zero attached hydrogens (tertiary/aromatic N) is 1. The Morgan fingerprint density at radius 1 is 1.36 bits per heavy atom. The molecule has 0 aliphatic rings. The Hall–Kier alpha value is -1.24. The Labute approximate surface area is 143 Å². The molecule has 0 saturated heterocycles. The quantitative estimate of drug-likeness (QED) is 0.709. The van der Waals surface area contributed by atoms with Crippen molar-refractivity contribution < 1.29 is 9.53 Å². The molecule has 1 N–H and O–H groups in total. The summed E-state index contributed by atoms with van der Waals surface area (Å²) >= 11 is 4.92. The van der Waals surface area contributed by atoms with Crippen LogP contribution in [0.3, 0.4) is 0 Å². The van der Waals surface area contributed by atoms with Crippen LogP contribution in [-0.4, -0.2) is 24.1 Å². The van der Waals surface area contributed by atoms with Gasteiger partial charge < -0.3 is 10.1 Å². The minimum atomic E-state index is -0.0178. The number of ether oxygens (including phenoxy) is 1. The van der Waals surface area contributed by atoms with Crippen LogP contribution >= 0.6 is 27.3 Å². The molecule has 1 heterocycles. The fourth-order valence-corrected chi connectivity index (χ4v) is 3.10. The second-order valence-corrected chi connectivity index (χ2v) is 6.90. The maximum Gasteiger partial charge on any atom is 0.226 e. The SMILES string of the molecule is CCOCCCC(=O)Nc1nc(-c2ccc(Br)cc2)c(C)s1. The van der Waals surface area contributed by atoms with E-state index in [4.69, 9.17) is 4.74 Å². The summed E-state index contributed by atoms with van der Waals surface area (Å²) in [5.41, 5.74) is 1.97. The zero-order valence-corrected chi connectivity index (χ0v) is 15.1. The van der Waals surface area contributed by atoms with Crippen molar-refractivity contribution >= 4 is 38.3 Å². The van der Waals surface area contributed by atoms with Crippen LogP contribution in [0.4, 0.5) is 5.13 Å². The summed E-state index contributed by atoms with van der Waals surface area (Å²) in [5, 5.41) is 3.51. The average molecular weight is 383 g/mol. The lowest BCUT2D eigenvalue weighted by molar-refractivity contribution is -0.116. The van der Waals surface area contributed by atoms with Crippen molar-refractivity contribution in [2.45, 2.75) is 26.7 Å². The van der Waals surface area contributed by atoms with E-state index >= 15 is 0 Å². The summed E-state index contributed by atoms with van der Waals surface area (Å²) < 4.78 is 6.26. The number of carbonyl (C=O) groups excluding carboxylic acids is 1. The lowest BCUT2D eigenvalue weighted by Gasteiger charge is -2.02. The molecule has 0 unspecified atom stereocenters. The highest BCUT2D eigenvalue weighted by Crippen LogP contribution is 2.31. The van der Waals surface area contributed by atoms with Crippen LogP contribution in [0.25, 0.3) is 11.3 Å². The van der Waals surface area contributed by atoms with Crippen molar-refractivity contribution in [1.82, 2.24) is 4.98 Å². The summed E-state index contributed by atoms with van der Waals surface area (Å²) in [4.78, 5) is 17.5. The van der Waals surface area contributed by atoms with Crippen LogP contribution < -0.4 is 5.32 Å². The van der Waals surface area contributed by atoms with Gasteiger partial charge in [0.05, 0.1) is 5.69 Å². The van der Waals surface area contributed by atoms with Crippen LogP contribution in [0.15, 0.2) is 28.7 Å². The summed E-state index contributed by atoms with van der Waals surface area (Å²) in [6.45, 7) is 5.26. The van der Waals surface area contributed by atoms with E-state index in [0.717, 1.165) is 27.0 Å². The molecule has 1 aromatic heterocycles. The lowest BCUT2D eigenvalue weighted by atomic mass is 10.1. The van der Waals surface area contributed by atoms with Crippen LogP contribution in [-0.2, 0) is 9.53 Å². The minimum Gasteiger partial charge on any atom is -0.382 e. The first-order valence-corrected chi connectivity index (χ1v) is 8.82. The van der Waals surface area contributed by atoms with Gasteiger partial charge in [-0.3, -0.25) is 4.79 Å². The molecule has 0 fully saturated rings. The van der Waals surface area contributed by atoms with E-state index in [1.54, 1.807) is 0 Å². The van der Waals surface area contributed by atoms with E-state index in [1.165, 1.54) is 11.3 Å². The van der Waals surface area contributed by atoms with Crippen LogP contribution in [0.1, 0.15) is 24.6 Å². The summed E-state index contributed by atoms with van der Waals surface area (Å²) in [6.07, 6.45) is 1.18. The second kappa shape index (κ2) is 8.41. The standard InChI is InChI=1S/C16H19BrN2O2S/c1-3-21-10-4-5-14(20)18-16-19-15(11(2)22-16)12-6-8-13(17)9-7-12/h6-9H,3-5,10H2,1-2H3,(H,18,19,20). The number of benzene rings is 1. The van der Waals surface area contributed by atoms with E-state index in [2.05, 4.69) is 26.2 Å². The van der Waals surface area contributed by atoms with Gasteiger partial charge in [-0.15, -0.1) is 11.3 Å². The summed E-state index contributed by atoms with van der Waals surface area (Å²) in [5.74, 6) is -0.0178. The van der Waals surface area contributed by atoms with Crippen LogP contribution in [0.5, 0.6) is 0 Å². The van der Waals surface area contributed by atoms with E-state index in [1.807, 2.05) is 38.1 Å². The van der Waals surface area contributed by atoms with Gasteiger partial charge in [-0.25, -0.2) is 4.98 Å². The smallest absolute Gasteiger partial charge is 0.226 e. The van der Waals surface area contributed by atoms with Gasteiger partial charge in [0.25, 0.3) is 0 Å². The number of aryl methyl sites for hydroxylation is 1. The van der Waals surface area contributed by atoms with E-state index in [-0.39, 0.29) is 5.91 Å². The molecule has 22 heavy (non-hydrogen) atoms. The van der Waals surface area contributed by atoms with E-state index < -0.39 is 0 Å². The normalized spacial score (nSPS) is 10.7. The summed E-state index contributed by atoms with van der Waals surface area (Å²) in [7, 11) is 0. The first-order chi connectivity index (χ1) is 10.6. The molecular weight excluding hydrogens is 364 g/mol. The largest absolute Gasteiger partial charge is 0.382 e. The van der Waals surface area contributed by atoms with Gasteiger partial charge in [0.1, 0.15) is 0 Å². The molecule has 1 amide bonds. The zero-order valence-electron chi connectivity index (χ0n) is 12.7. The van der Waals surface area contributed by atoms with Crippen molar-refractivity contribution in [2.24, 2.45) is 0 Å². The fourth-order valence-electron chi connectivity index (χ4n) is 1.99. The molecule has 0 atom stereocenters. The van der Waals surface area contributed by atoms with Gasteiger partial charge >= 0.3 is 0 Å². The van der Waals surface area contributed by atoms with Gasteiger partial charge in [-0.2, -0.15) is 0 Å². The molecule has 4 nitrogen and oxygen atoms in total. The topological polar surface area (TPSA) is 51.2 Å². The first kappa shape index (κ1) is 17.1. The number of aromatic nitrogens is 1. The van der Waals surface area contributed by atoms with Crippen LogP contribution in [0.2, 0.25) is 0 Å². The average Bonchev–Trinajstić information content (AvgIpc) is 2.85. The monoisotopic (exact) mass is 382 g/mol. The highest BCUT2D eigenvalue weighted by Gasteiger charge is 2.12.